The second kappa shape index (κ2) is 6.53. The highest BCUT2D eigenvalue weighted by molar-refractivity contribution is 7.89. The summed E-state index contributed by atoms with van der Waals surface area (Å²) in [4.78, 5) is 15.7. The van der Waals surface area contributed by atoms with Gasteiger partial charge in [0.15, 0.2) is 0 Å². The first kappa shape index (κ1) is 15.9. The number of esters is 1. The molecule has 2 rings (SSSR count). The summed E-state index contributed by atoms with van der Waals surface area (Å²) in [7, 11) is -2.05. The van der Waals surface area contributed by atoms with E-state index in [0.717, 1.165) is 5.69 Å². The van der Waals surface area contributed by atoms with Gasteiger partial charge in [0.25, 0.3) is 0 Å². The highest BCUT2D eigenvalue weighted by Gasteiger charge is 2.40. The Bertz CT molecular complexity index is 588. The lowest BCUT2D eigenvalue weighted by Crippen LogP contribution is -2.32. The smallest absolute Gasteiger partial charge is 0.310 e. The monoisotopic (exact) mass is 312 g/mol. The van der Waals surface area contributed by atoms with Gasteiger partial charge in [0.05, 0.1) is 18.8 Å². The molecular weight excluding hydrogens is 292 g/mol. The third-order valence-electron chi connectivity index (χ3n) is 3.82. The molecule has 1 aliphatic heterocycles. The molecule has 0 bridgehead atoms. The van der Waals surface area contributed by atoms with Crippen molar-refractivity contribution in [2.75, 3.05) is 26.0 Å². The van der Waals surface area contributed by atoms with Gasteiger partial charge >= 0.3 is 5.97 Å². The van der Waals surface area contributed by atoms with Crippen LogP contribution in [-0.4, -0.2) is 49.6 Å². The SMILES string of the molecule is COC(=O)C1CN(S(=O)(=O)CCc2ccccn2)CC1C. The second-order valence-electron chi connectivity index (χ2n) is 5.31. The number of carbonyl (C=O) groups is 1. The molecule has 1 aliphatic rings. The molecule has 0 N–H and O–H groups in total. The van der Waals surface area contributed by atoms with Crippen molar-refractivity contribution in [2.45, 2.75) is 13.3 Å². The van der Waals surface area contributed by atoms with Gasteiger partial charge in [-0.25, -0.2) is 12.7 Å². The Labute approximate surface area is 125 Å². The fourth-order valence-electron chi connectivity index (χ4n) is 2.52. The molecule has 1 aromatic heterocycles. The number of sulfonamides is 1. The van der Waals surface area contributed by atoms with E-state index in [4.69, 9.17) is 4.74 Å². The van der Waals surface area contributed by atoms with Gasteiger partial charge in [-0.1, -0.05) is 13.0 Å². The van der Waals surface area contributed by atoms with Gasteiger partial charge in [0, 0.05) is 31.4 Å². The highest BCUT2D eigenvalue weighted by Crippen LogP contribution is 2.26. The molecule has 2 atom stereocenters. The van der Waals surface area contributed by atoms with Crippen LogP contribution in [0.1, 0.15) is 12.6 Å². The number of nitrogens with zero attached hydrogens (tertiary/aromatic N) is 2. The van der Waals surface area contributed by atoms with Crippen LogP contribution in [0, 0.1) is 11.8 Å². The first-order chi connectivity index (χ1) is 9.94. The van der Waals surface area contributed by atoms with Crippen molar-refractivity contribution in [1.29, 1.82) is 0 Å². The molecule has 1 aromatic rings. The lowest BCUT2D eigenvalue weighted by atomic mass is 9.99. The van der Waals surface area contributed by atoms with E-state index in [1.54, 1.807) is 18.3 Å². The quantitative estimate of drug-likeness (QED) is 0.748. The average molecular weight is 312 g/mol. The molecule has 0 radical (unpaired) electrons. The number of ether oxygens (including phenoxy) is 1. The number of carbonyl (C=O) groups excluding carboxylic acids is 1. The van der Waals surface area contributed by atoms with Gasteiger partial charge < -0.3 is 4.74 Å². The molecule has 0 aromatic carbocycles. The summed E-state index contributed by atoms with van der Waals surface area (Å²) >= 11 is 0. The Balaban J connectivity index is 1.99. The molecular formula is C14H20N2O4S. The Morgan fingerprint density at radius 2 is 2.19 bits per heavy atom. The van der Waals surface area contributed by atoms with Gasteiger partial charge in [0.2, 0.25) is 10.0 Å². The fraction of sp³-hybridized carbons (Fsp3) is 0.571. The van der Waals surface area contributed by atoms with Crippen molar-refractivity contribution < 1.29 is 17.9 Å². The van der Waals surface area contributed by atoms with Crippen molar-refractivity contribution in [3.05, 3.63) is 30.1 Å². The van der Waals surface area contributed by atoms with Gasteiger partial charge in [-0.2, -0.15) is 0 Å². The summed E-state index contributed by atoms with van der Waals surface area (Å²) in [6.45, 7) is 2.44. The molecule has 6 nitrogen and oxygen atoms in total. The van der Waals surface area contributed by atoms with E-state index in [1.165, 1.54) is 11.4 Å². The van der Waals surface area contributed by atoms with Crippen LogP contribution in [0.25, 0.3) is 0 Å². The zero-order chi connectivity index (χ0) is 15.5. The Kier molecular flexibility index (Phi) is 4.95. The number of pyridine rings is 1. The summed E-state index contributed by atoms with van der Waals surface area (Å²) in [6.07, 6.45) is 2.02. The van der Waals surface area contributed by atoms with E-state index in [0.29, 0.717) is 13.0 Å². The molecule has 1 saturated heterocycles. The van der Waals surface area contributed by atoms with Crippen molar-refractivity contribution in [2.24, 2.45) is 11.8 Å². The molecule has 7 heteroatoms. The Morgan fingerprint density at radius 1 is 1.43 bits per heavy atom. The zero-order valence-electron chi connectivity index (χ0n) is 12.2. The molecule has 0 amide bonds. The number of rotatable bonds is 5. The normalized spacial score (nSPS) is 23.1. The minimum atomic E-state index is -3.38. The predicted octanol–water partition coefficient (Wildman–Crippen LogP) is 0.695. The van der Waals surface area contributed by atoms with E-state index in [-0.39, 0.29) is 30.1 Å². The maximum absolute atomic E-state index is 12.4. The zero-order valence-corrected chi connectivity index (χ0v) is 13.0. The Morgan fingerprint density at radius 3 is 2.81 bits per heavy atom. The van der Waals surface area contributed by atoms with E-state index < -0.39 is 10.0 Å². The minimum absolute atomic E-state index is 0.00459. The molecule has 116 valence electrons. The van der Waals surface area contributed by atoms with Crippen molar-refractivity contribution in [3.8, 4) is 0 Å². The van der Waals surface area contributed by atoms with Crippen LogP contribution in [-0.2, 0) is 26.0 Å². The summed E-state index contributed by atoms with van der Waals surface area (Å²) in [6, 6.07) is 5.43. The van der Waals surface area contributed by atoms with Crippen LogP contribution in [0.5, 0.6) is 0 Å². The van der Waals surface area contributed by atoms with E-state index >= 15 is 0 Å². The first-order valence-electron chi connectivity index (χ1n) is 6.89. The second-order valence-corrected chi connectivity index (χ2v) is 7.40. The Hall–Kier alpha value is -1.47. The third-order valence-corrected chi connectivity index (χ3v) is 5.62. The summed E-state index contributed by atoms with van der Waals surface area (Å²) < 4.78 is 30.8. The molecule has 2 heterocycles. The molecule has 1 fully saturated rings. The number of methoxy groups -OCH3 is 1. The van der Waals surface area contributed by atoms with Crippen LogP contribution in [0.4, 0.5) is 0 Å². The van der Waals surface area contributed by atoms with Gasteiger partial charge in [-0.15, -0.1) is 0 Å². The van der Waals surface area contributed by atoms with E-state index in [9.17, 15) is 13.2 Å². The number of hydrogen-bond donors (Lipinski definition) is 0. The number of aromatic nitrogens is 1. The standard InChI is InChI=1S/C14H20N2O4S/c1-11-9-16(10-13(11)14(17)20-2)21(18,19)8-6-12-5-3-4-7-15-12/h3-5,7,11,13H,6,8-10H2,1-2H3. The molecule has 2 unspecified atom stereocenters. The lowest BCUT2D eigenvalue weighted by Gasteiger charge is -2.15. The maximum atomic E-state index is 12.4. The molecule has 21 heavy (non-hydrogen) atoms. The van der Waals surface area contributed by atoms with Crippen LogP contribution in [0.3, 0.4) is 0 Å². The van der Waals surface area contributed by atoms with Crippen LogP contribution in [0.15, 0.2) is 24.4 Å². The van der Waals surface area contributed by atoms with Gasteiger partial charge in [-0.3, -0.25) is 9.78 Å². The van der Waals surface area contributed by atoms with E-state index in [1.807, 2.05) is 13.0 Å². The van der Waals surface area contributed by atoms with Crippen molar-refractivity contribution in [3.63, 3.8) is 0 Å². The largest absolute Gasteiger partial charge is 0.469 e. The lowest BCUT2D eigenvalue weighted by molar-refractivity contribution is -0.145. The topological polar surface area (TPSA) is 76.6 Å². The molecule has 0 spiro atoms. The number of hydrogen-bond acceptors (Lipinski definition) is 5. The number of aryl methyl sites for hydroxylation is 1. The van der Waals surface area contributed by atoms with Crippen LogP contribution < -0.4 is 0 Å². The van der Waals surface area contributed by atoms with Crippen LogP contribution >= 0.6 is 0 Å². The van der Waals surface area contributed by atoms with Gasteiger partial charge in [-0.05, 0) is 18.1 Å². The maximum Gasteiger partial charge on any atom is 0.310 e. The van der Waals surface area contributed by atoms with Crippen molar-refractivity contribution >= 4 is 16.0 Å². The molecule has 0 aliphatic carbocycles. The highest BCUT2D eigenvalue weighted by atomic mass is 32.2. The predicted molar refractivity (Wildman–Crippen MR) is 78.0 cm³/mol. The van der Waals surface area contributed by atoms with Crippen molar-refractivity contribution in [1.82, 2.24) is 9.29 Å². The summed E-state index contributed by atoms with van der Waals surface area (Å²) in [5.74, 6) is -0.739. The van der Waals surface area contributed by atoms with Crippen LogP contribution in [0.2, 0.25) is 0 Å². The van der Waals surface area contributed by atoms with E-state index in [2.05, 4.69) is 4.98 Å². The van der Waals surface area contributed by atoms with Gasteiger partial charge in [0.1, 0.15) is 0 Å². The molecule has 0 saturated carbocycles. The third kappa shape index (κ3) is 3.79. The fourth-order valence-corrected chi connectivity index (χ4v) is 4.09. The first-order valence-corrected chi connectivity index (χ1v) is 8.50. The summed E-state index contributed by atoms with van der Waals surface area (Å²) in [5.41, 5.74) is 0.748. The average Bonchev–Trinajstić information content (AvgIpc) is 2.88. The minimum Gasteiger partial charge on any atom is -0.469 e. The summed E-state index contributed by atoms with van der Waals surface area (Å²) in [5, 5.41) is 0.